The van der Waals surface area contributed by atoms with Crippen molar-refractivity contribution in [2.75, 3.05) is 5.73 Å². The highest BCUT2D eigenvalue weighted by atomic mass is 32.2. The molecule has 0 radical (unpaired) electrons. The van der Waals surface area contributed by atoms with Gasteiger partial charge in [-0.05, 0) is 43.2 Å². The van der Waals surface area contributed by atoms with Gasteiger partial charge in [-0.15, -0.1) is 11.3 Å². The van der Waals surface area contributed by atoms with Crippen molar-refractivity contribution in [2.24, 2.45) is 0 Å². The zero-order chi connectivity index (χ0) is 14.8. The molecule has 0 saturated heterocycles. The lowest BCUT2D eigenvalue weighted by Gasteiger charge is -2.09. The van der Waals surface area contributed by atoms with Crippen LogP contribution in [-0.4, -0.2) is 8.42 Å². The molecule has 0 aliphatic carbocycles. The van der Waals surface area contributed by atoms with Gasteiger partial charge in [0.2, 0.25) is 10.0 Å². The van der Waals surface area contributed by atoms with Crippen molar-refractivity contribution in [3.8, 4) is 0 Å². The standard InChI is InChI=1S/C14H18N2O2S2/c1-3-12-6-7-13(19-12)9-16-20(17,18)14-8-11(15)5-4-10(14)2/h4-8,16H,3,9,15H2,1-2H3. The van der Waals surface area contributed by atoms with Gasteiger partial charge in [0, 0.05) is 22.0 Å². The number of nitrogens with two attached hydrogens (primary N) is 1. The van der Waals surface area contributed by atoms with Crippen molar-refractivity contribution in [3.05, 3.63) is 45.6 Å². The van der Waals surface area contributed by atoms with Crippen LogP contribution in [0.1, 0.15) is 22.2 Å². The third-order valence-corrected chi connectivity index (χ3v) is 5.78. The molecule has 0 saturated carbocycles. The van der Waals surface area contributed by atoms with Gasteiger partial charge in [-0.2, -0.15) is 0 Å². The highest BCUT2D eigenvalue weighted by molar-refractivity contribution is 7.89. The predicted molar refractivity (Wildman–Crippen MR) is 83.3 cm³/mol. The summed E-state index contributed by atoms with van der Waals surface area (Å²) in [5.41, 5.74) is 6.79. The number of nitrogen functional groups attached to an aromatic ring is 1. The molecule has 0 bridgehead atoms. The molecule has 0 amide bonds. The molecule has 3 N–H and O–H groups in total. The molecule has 0 aliphatic rings. The maximum atomic E-state index is 12.3. The van der Waals surface area contributed by atoms with Crippen LogP contribution < -0.4 is 10.5 Å². The topological polar surface area (TPSA) is 72.2 Å². The van der Waals surface area contributed by atoms with Gasteiger partial charge < -0.3 is 5.73 Å². The predicted octanol–water partition coefficient (Wildman–Crippen LogP) is 2.68. The van der Waals surface area contributed by atoms with E-state index < -0.39 is 10.0 Å². The highest BCUT2D eigenvalue weighted by Crippen LogP contribution is 2.20. The number of thiophene rings is 1. The Kier molecular flexibility index (Phi) is 4.47. The number of hydrogen-bond acceptors (Lipinski definition) is 4. The molecule has 20 heavy (non-hydrogen) atoms. The zero-order valence-electron chi connectivity index (χ0n) is 11.5. The maximum Gasteiger partial charge on any atom is 0.241 e. The minimum absolute atomic E-state index is 0.241. The summed E-state index contributed by atoms with van der Waals surface area (Å²) < 4.78 is 27.2. The van der Waals surface area contributed by atoms with Crippen molar-refractivity contribution in [1.29, 1.82) is 0 Å². The van der Waals surface area contributed by atoms with Crippen molar-refractivity contribution < 1.29 is 8.42 Å². The monoisotopic (exact) mass is 310 g/mol. The smallest absolute Gasteiger partial charge is 0.241 e. The Bertz CT molecular complexity index is 706. The Balaban J connectivity index is 2.17. The molecule has 4 nitrogen and oxygen atoms in total. The number of benzene rings is 1. The fourth-order valence-corrected chi connectivity index (χ4v) is 4.13. The summed E-state index contributed by atoms with van der Waals surface area (Å²) in [4.78, 5) is 2.50. The van der Waals surface area contributed by atoms with Gasteiger partial charge in [0.1, 0.15) is 0 Å². The fraction of sp³-hybridized carbons (Fsp3) is 0.286. The van der Waals surface area contributed by atoms with Crippen LogP contribution in [-0.2, 0) is 23.0 Å². The Morgan fingerprint density at radius 2 is 1.90 bits per heavy atom. The van der Waals surface area contributed by atoms with Gasteiger partial charge in [-0.3, -0.25) is 0 Å². The maximum absolute atomic E-state index is 12.3. The summed E-state index contributed by atoms with van der Waals surface area (Å²) in [7, 11) is -3.53. The number of sulfonamides is 1. The quantitative estimate of drug-likeness (QED) is 0.834. The lowest BCUT2D eigenvalue weighted by molar-refractivity contribution is 0.581. The van der Waals surface area contributed by atoms with Gasteiger partial charge in [0.05, 0.1) is 4.90 Å². The van der Waals surface area contributed by atoms with E-state index in [1.165, 1.54) is 10.9 Å². The molecule has 108 valence electrons. The SMILES string of the molecule is CCc1ccc(CNS(=O)(=O)c2cc(N)ccc2C)s1. The normalized spacial score (nSPS) is 11.7. The van der Waals surface area contributed by atoms with Crippen molar-refractivity contribution in [3.63, 3.8) is 0 Å². The van der Waals surface area contributed by atoms with E-state index in [0.717, 1.165) is 11.3 Å². The Labute approximate surface area is 123 Å². The van der Waals surface area contributed by atoms with Crippen LogP contribution in [0.15, 0.2) is 35.2 Å². The van der Waals surface area contributed by atoms with Gasteiger partial charge in [0.15, 0.2) is 0 Å². The molecular weight excluding hydrogens is 292 g/mol. The molecule has 0 atom stereocenters. The largest absolute Gasteiger partial charge is 0.399 e. The molecule has 0 fully saturated rings. The number of rotatable bonds is 5. The van der Waals surface area contributed by atoms with E-state index in [-0.39, 0.29) is 4.90 Å². The summed E-state index contributed by atoms with van der Waals surface area (Å²) in [6.45, 7) is 4.14. The second kappa shape index (κ2) is 5.95. The first kappa shape index (κ1) is 15.0. The molecule has 0 unspecified atom stereocenters. The van der Waals surface area contributed by atoms with Crippen LogP contribution in [0.2, 0.25) is 0 Å². The third-order valence-electron chi connectivity index (χ3n) is 3.00. The van der Waals surface area contributed by atoms with Gasteiger partial charge in [0.25, 0.3) is 0 Å². The average molecular weight is 310 g/mol. The summed E-state index contributed by atoms with van der Waals surface area (Å²) in [6.07, 6.45) is 0.964. The van der Waals surface area contributed by atoms with E-state index in [2.05, 4.69) is 11.6 Å². The minimum atomic E-state index is -3.53. The van der Waals surface area contributed by atoms with Gasteiger partial charge >= 0.3 is 0 Å². The number of hydrogen-bond donors (Lipinski definition) is 2. The van der Waals surface area contributed by atoms with Crippen LogP contribution in [0.3, 0.4) is 0 Å². The van der Waals surface area contributed by atoms with Crippen LogP contribution in [0.5, 0.6) is 0 Å². The van der Waals surface area contributed by atoms with E-state index in [1.807, 2.05) is 12.1 Å². The van der Waals surface area contributed by atoms with E-state index in [4.69, 9.17) is 5.73 Å². The summed E-state index contributed by atoms with van der Waals surface area (Å²) in [5.74, 6) is 0. The van der Waals surface area contributed by atoms with Crippen LogP contribution >= 0.6 is 11.3 Å². The molecule has 6 heteroatoms. The molecule has 0 aliphatic heterocycles. The van der Waals surface area contributed by atoms with Crippen molar-refractivity contribution >= 4 is 27.0 Å². The number of nitrogens with one attached hydrogen (secondary N) is 1. The molecule has 2 aromatic rings. The Morgan fingerprint density at radius 1 is 1.20 bits per heavy atom. The fourth-order valence-electron chi connectivity index (χ4n) is 1.86. The molecule has 1 aromatic heterocycles. The van der Waals surface area contributed by atoms with E-state index in [1.54, 1.807) is 30.4 Å². The number of anilines is 1. The lowest BCUT2D eigenvalue weighted by atomic mass is 10.2. The molecule has 1 heterocycles. The minimum Gasteiger partial charge on any atom is -0.399 e. The number of aryl methyl sites for hydroxylation is 2. The summed E-state index contributed by atoms with van der Waals surface area (Å²) in [6, 6.07) is 8.88. The second-order valence-corrected chi connectivity index (χ2v) is 7.56. The summed E-state index contributed by atoms with van der Waals surface area (Å²) in [5, 5.41) is 0. The van der Waals surface area contributed by atoms with Gasteiger partial charge in [-0.1, -0.05) is 13.0 Å². The first-order chi connectivity index (χ1) is 9.42. The van der Waals surface area contributed by atoms with Crippen LogP contribution in [0.25, 0.3) is 0 Å². The Morgan fingerprint density at radius 3 is 2.55 bits per heavy atom. The molecule has 2 rings (SSSR count). The summed E-state index contributed by atoms with van der Waals surface area (Å²) >= 11 is 1.62. The Hall–Kier alpha value is -1.37. The van der Waals surface area contributed by atoms with E-state index >= 15 is 0 Å². The zero-order valence-corrected chi connectivity index (χ0v) is 13.1. The molecule has 1 aromatic carbocycles. The van der Waals surface area contributed by atoms with Crippen molar-refractivity contribution in [1.82, 2.24) is 4.72 Å². The third kappa shape index (κ3) is 3.39. The lowest BCUT2D eigenvalue weighted by Crippen LogP contribution is -2.23. The molecular formula is C14H18N2O2S2. The van der Waals surface area contributed by atoms with Gasteiger partial charge in [-0.25, -0.2) is 13.1 Å². The van der Waals surface area contributed by atoms with Crippen molar-refractivity contribution in [2.45, 2.75) is 31.7 Å². The van der Waals surface area contributed by atoms with Crippen LogP contribution in [0.4, 0.5) is 5.69 Å². The average Bonchev–Trinajstić information content (AvgIpc) is 2.87. The first-order valence-corrected chi connectivity index (χ1v) is 8.65. The van der Waals surface area contributed by atoms with E-state index in [9.17, 15) is 8.42 Å². The highest BCUT2D eigenvalue weighted by Gasteiger charge is 2.17. The van der Waals surface area contributed by atoms with Crippen LogP contribution in [0, 0.1) is 6.92 Å². The molecule has 0 spiro atoms. The first-order valence-electron chi connectivity index (χ1n) is 6.35. The second-order valence-electron chi connectivity index (χ2n) is 4.57. The van der Waals surface area contributed by atoms with E-state index in [0.29, 0.717) is 17.8 Å².